The van der Waals surface area contributed by atoms with Crippen molar-refractivity contribution in [3.63, 3.8) is 0 Å². The highest BCUT2D eigenvalue weighted by Gasteiger charge is 2.10. The first-order valence-electron chi connectivity index (χ1n) is 6.38. The fourth-order valence-corrected chi connectivity index (χ4v) is 2.17. The largest absolute Gasteiger partial charge is 0.504 e. The van der Waals surface area contributed by atoms with E-state index in [4.69, 9.17) is 0 Å². The van der Waals surface area contributed by atoms with Crippen molar-refractivity contribution in [1.29, 1.82) is 0 Å². The normalized spacial score (nSPS) is 12.3. The molecular weight excluding hydrogens is 238 g/mol. The Balaban J connectivity index is 2.07. The lowest BCUT2D eigenvalue weighted by atomic mass is 10.0. The van der Waals surface area contributed by atoms with Gasteiger partial charge in [-0.05, 0) is 31.0 Å². The standard InChI is InChI=1S/C16H19NO2/c1-11-6-3-4-8-14(11)12(2)17-10-13-7-5-9-15(18)16(13)19/h3-9,12,17-19H,10H2,1-2H3/t12-/m1/s1. The Morgan fingerprint density at radius 2 is 1.79 bits per heavy atom. The maximum absolute atomic E-state index is 9.75. The molecule has 0 saturated heterocycles. The van der Waals surface area contributed by atoms with E-state index in [9.17, 15) is 10.2 Å². The molecule has 0 saturated carbocycles. The number of hydrogen-bond donors (Lipinski definition) is 3. The molecule has 0 heterocycles. The lowest BCUT2D eigenvalue weighted by Crippen LogP contribution is -2.18. The van der Waals surface area contributed by atoms with Crippen LogP contribution in [-0.4, -0.2) is 10.2 Å². The molecule has 2 rings (SSSR count). The highest BCUT2D eigenvalue weighted by Crippen LogP contribution is 2.28. The number of phenols is 2. The van der Waals surface area contributed by atoms with E-state index in [1.807, 2.05) is 12.1 Å². The van der Waals surface area contributed by atoms with Crippen LogP contribution in [0.4, 0.5) is 0 Å². The number of aromatic hydroxyl groups is 2. The quantitative estimate of drug-likeness (QED) is 0.737. The number of para-hydroxylation sites is 1. The van der Waals surface area contributed by atoms with Crippen molar-refractivity contribution in [3.05, 3.63) is 59.2 Å². The molecule has 19 heavy (non-hydrogen) atoms. The van der Waals surface area contributed by atoms with Gasteiger partial charge in [0.05, 0.1) is 0 Å². The summed E-state index contributed by atoms with van der Waals surface area (Å²) in [6.45, 7) is 4.68. The number of rotatable bonds is 4. The van der Waals surface area contributed by atoms with Gasteiger partial charge < -0.3 is 15.5 Å². The molecule has 0 aliphatic heterocycles. The maximum atomic E-state index is 9.75. The van der Waals surface area contributed by atoms with Crippen LogP contribution in [0.3, 0.4) is 0 Å². The maximum Gasteiger partial charge on any atom is 0.161 e. The Morgan fingerprint density at radius 1 is 1.05 bits per heavy atom. The van der Waals surface area contributed by atoms with E-state index in [0.29, 0.717) is 12.1 Å². The second kappa shape index (κ2) is 5.76. The third-order valence-electron chi connectivity index (χ3n) is 3.35. The summed E-state index contributed by atoms with van der Waals surface area (Å²) in [5.41, 5.74) is 3.17. The molecular formula is C16H19NO2. The van der Waals surface area contributed by atoms with Gasteiger partial charge in [-0.15, -0.1) is 0 Å². The first-order chi connectivity index (χ1) is 9.09. The van der Waals surface area contributed by atoms with Crippen molar-refractivity contribution in [2.24, 2.45) is 0 Å². The third kappa shape index (κ3) is 3.06. The van der Waals surface area contributed by atoms with Crippen molar-refractivity contribution in [3.8, 4) is 11.5 Å². The molecule has 1 atom stereocenters. The molecule has 0 aliphatic rings. The van der Waals surface area contributed by atoms with E-state index >= 15 is 0 Å². The van der Waals surface area contributed by atoms with Crippen molar-refractivity contribution < 1.29 is 10.2 Å². The van der Waals surface area contributed by atoms with Crippen molar-refractivity contribution >= 4 is 0 Å². The third-order valence-corrected chi connectivity index (χ3v) is 3.35. The van der Waals surface area contributed by atoms with Crippen LogP contribution in [0, 0.1) is 6.92 Å². The zero-order chi connectivity index (χ0) is 13.8. The molecule has 3 nitrogen and oxygen atoms in total. The number of aryl methyl sites for hydroxylation is 1. The molecule has 0 bridgehead atoms. The van der Waals surface area contributed by atoms with E-state index in [-0.39, 0.29) is 17.5 Å². The van der Waals surface area contributed by atoms with Gasteiger partial charge >= 0.3 is 0 Å². The van der Waals surface area contributed by atoms with Gasteiger partial charge in [0.1, 0.15) is 0 Å². The minimum Gasteiger partial charge on any atom is -0.504 e. The predicted octanol–water partition coefficient (Wildman–Crippen LogP) is 3.26. The second-order valence-corrected chi connectivity index (χ2v) is 4.74. The van der Waals surface area contributed by atoms with Crippen molar-refractivity contribution in [2.75, 3.05) is 0 Å². The highest BCUT2D eigenvalue weighted by molar-refractivity contribution is 5.44. The van der Waals surface area contributed by atoms with E-state index < -0.39 is 0 Å². The molecule has 0 amide bonds. The second-order valence-electron chi connectivity index (χ2n) is 4.74. The monoisotopic (exact) mass is 257 g/mol. The van der Waals surface area contributed by atoms with Crippen molar-refractivity contribution in [1.82, 2.24) is 5.32 Å². The topological polar surface area (TPSA) is 52.5 Å². The van der Waals surface area contributed by atoms with E-state index in [2.05, 4.69) is 31.3 Å². The van der Waals surface area contributed by atoms with Crippen LogP contribution in [0.2, 0.25) is 0 Å². The zero-order valence-electron chi connectivity index (χ0n) is 11.2. The average Bonchev–Trinajstić information content (AvgIpc) is 2.40. The average molecular weight is 257 g/mol. The van der Waals surface area contributed by atoms with Crippen LogP contribution < -0.4 is 5.32 Å². The number of hydrogen-bond acceptors (Lipinski definition) is 3. The van der Waals surface area contributed by atoms with E-state index in [1.165, 1.54) is 17.2 Å². The van der Waals surface area contributed by atoms with Crippen LogP contribution >= 0.6 is 0 Å². The number of phenolic OH excluding ortho intramolecular Hbond substituents is 2. The molecule has 0 unspecified atom stereocenters. The molecule has 3 N–H and O–H groups in total. The molecule has 3 heteroatoms. The molecule has 0 aromatic heterocycles. The van der Waals surface area contributed by atoms with E-state index in [1.54, 1.807) is 12.1 Å². The summed E-state index contributed by atoms with van der Waals surface area (Å²) in [5.74, 6) is -0.130. The van der Waals surface area contributed by atoms with Gasteiger partial charge in [0.15, 0.2) is 11.5 Å². The Kier molecular flexibility index (Phi) is 4.07. The minimum atomic E-state index is -0.0807. The van der Waals surface area contributed by atoms with Crippen LogP contribution in [-0.2, 0) is 6.54 Å². The Labute approximate surface area is 113 Å². The van der Waals surface area contributed by atoms with Crippen molar-refractivity contribution in [2.45, 2.75) is 26.4 Å². The van der Waals surface area contributed by atoms with Crippen LogP contribution in [0.1, 0.15) is 29.7 Å². The fraction of sp³-hybridized carbons (Fsp3) is 0.250. The first-order valence-corrected chi connectivity index (χ1v) is 6.38. The Bertz CT molecular complexity index is 566. The lowest BCUT2D eigenvalue weighted by Gasteiger charge is -2.17. The first kappa shape index (κ1) is 13.4. The SMILES string of the molecule is Cc1ccccc1[C@@H](C)NCc1cccc(O)c1O. The van der Waals surface area contributed by atoms with Gasteiger partial charge in [0.2, 0.25) is 0 Å². The zero-order valence-corrected chi connectivity index (χ0v) is 11.2. The molecule has 2 aromatic carbocycles. The molecule has 100 valence electrons. The smallest absolute Gasteiger partial charge is 0.161 e. The Hall–Kier alpha value is -2.00. The molecule has 2 aromatic rings. The van der Waals surface area contributed by atoms with Gasteiger partial charge in [0.25, 0.3) is 0 Å². The molecule has 0 radical (unpaired) electrons. The summed E-state index contributed by atoms with van der Waals surface area (Å²) in [4.78, 5) is 0. The predicted molar refractivity (Wildman–Crippen MR) is 76.2 cm³/mol. The Morgan fingerprint density at radius 3 is 2.53 bits per heavy atom. The molecule has 0 fully saturated rings. The van der Waals surface area contributed by atoms with Crippen LogP contribution in [0.25, 0.3) is 0 Å². The fourth-order valence-electron chi connectivity index (χ4n) is 2.17. The van der Waals surface area contributed by atoms with Gasteiger partial charge in [-0.1, -0.05) is 36.4 Å². The van der Waals surface area contributed by atoms with Gasteiger partial charge in [-0.2, -0.15) is 0 Å². The lowest BCUT2D eigenvalue weighted by molar-refractivity contribution is 0.396. The molecule has 0 aliphatic carbocycles. The van der Waals surface area contributed by atoms with E-state index in [0.717, 1.165) is 0 Å². The van der Waals surface area contributed by atoms with Crippen LogP contribution in [0.15, 0.2) is 42.5 Å². The summed E-state index contributed by atoms with van der Waals surface area (Å²) in [7, 11) is 0. The highest BCUT2D eigenvalue weighted by atomic mass is 16.3. The number of benzene rings is 2. The number of nitrogens with one attached hydrogen (secondary N) is 1. The van der Waals surface area contributed by atoms with Gasteiger partial charge in [0, 0.05) is 18.2 Å². The summed E-state index contributed by atoms with van der Waals surface area (Å²) >= 11 is 0. The summed E-state index contributed by atoms with van der Waals surface area (Å²) in [6, 6.07) is 13.4. The summed E-state index contributed by atoms with van der Waals surface area (Å²) in [5, 5.41) is 22.5. The van der Waals surface area contributed by atoms with Gasteiger partial charge in [-0.3, -0.25) is 0 Å². The summed E-state index contributed by atoms with van der Waals surface area (Å²) < 4.78 is 0. The molecule has 0 spiro atoms. The van der Waals surface area contributed by atoms with Gasteiger partial charge in [-0.25, -0.2) is 0 Å². The van der Waals surface area contributed by atoms with Crippen LogP contribution in [0.5, 0.6) is 11.5 Å². The minimum absolute atomic E-state index is 0.0491. The summed E-state index contributed by atoms with van der Waals surface area (Å²) in [6.07, 6.45) is 0.